The lowest BCUT2D eigenvalue weighted by Gasteiger charge is -2.19. The zero-order valence-electron chi connectivity index (χ0n) is 8.14. The van der Waals surface area contributed by atoms with Gasteiger partial charge in [-0.1, -0.05) is 0 Å². The number of carbonyl (C=O) groups excluding carboxylic acids is 3. The Morgan fingerprint density at radius 2 is 1.36 bits per heavy atom. The Balaban J connectivity index is 4.45. The van der Waals surface area contributed by atoms with Crippen molar-refractivity contribution < 1.29 is 29.0 Å². The summed E-state index contributed by atoms with van der Waals surface area (Å²) in [6.45, 7) is 3.23. The van der Waals surface area contributed by atoms with Gasteiger partial charge in [-0.3, -0.25) is 14.4 Å². The van der Waals surface area contributed by atoms with Gasteiger partial charge in [0, 0.05) is 13.8 Å². The molecular formula is C8H12O6. The van der Waals surface area contributed by atoms with E-state index in [9.17, 15) is 19.5 Å². The minimum atomic E-state index is -1.65. The summed E-state index contributed by atoms with van der Waals surface area (Å²) in [4.78, 5) is 31.8. The minimum absolute atomic E-state index is 0.655. The van der Waals surface area contributed by atoms with Gasteiger partial charge in [0.05, 0.1) is 0 Å². The van der Waals surface area contributed by atoms with Crippen LogP contribution in [0.1, 0.15) is 20.8 Å². The van der Waals surface area contributed by atoms with Crippen LogP contribution in [0.15, 0.2) is 0 Å². The number of hydrogen-bond acceptors (Lipinski definition) is 6. The largest absolute Gasteiger partial charge is 0.422 e. The van der Waals surface area contributed by atoms with Crippen LogP contribution in [0, 0.1) is 0 Å². The summed E-state index contributed by atoms with van der Waals surface area (Å²) in [6.07, 6.45) is -3.22. The number of carbonyl (C=O) groups is 3. The monoisotopic (exact) mass is 204 g/mol. The summed E-state index contributed by atoms with van der Waals surface area (Å²) in [5.74, 6) is -2.16. The van der Waals surface area contributed by atoms with E-state index in [1.165, 1.54) is 0 Å². The molecule has 0 aromatic carbocycles. The predicted molar refractivity (Wildman–Crippen MR) is 44.0 cm³/mol. The molecular weight excluding hydrogens is 192 g/mol. The average Bonchev–Trinajstić information content (AvgIpc) is 1.99. The van der Waals surface area contributed by atoms with E-state index in [1.807, 2.05) is 0 Å². The highest BCUT2D eigenvalue weighted by Gasteiger charge is 2.28. The highest BCUT2D eigenvalue weighted by molar-refractivity contribution is 5.81. The fourth-order valence-electron chi connectivity index (χ4n) is 0.672. The highest BCUT2D eigenvalue weighted by atomic mass is 16.7. The quantitative estimate of drug-likeness (QED) is 0.485. The molecule has 0 aliphatic carbocycles. The molecule has 6 heteroatoms. The van der Waals surface area contributed by atoms with Crippen LogP contribution >= 0.6 is 0 Å². The molecule has 0 aliphatic heterocycles. The molecule has 14 heavy (non-hydrogen) atoms. The van der Waals surface area contributed by atoms with Crippen molar-refractivity contribution in [3.63, 3.8) is 0 Å². The first kappa shape index (κ1) is 12.6. The number of rotatable bonds is 4. The molecule has 6 nitrogen and oxygen atoms in total. The van der Waals surface area contributed by atoms with E-state index in [0.717, 1.165) is 20.8 Å². The van der Waals surface area contributed by atoms with Crippen LogP contribution in [-0.4, -0.2) is 35.2 Å². The van der Waals surface area contributed by atoms with Crippen LogP contribution in [0.2, 0.25) is 0 Å². The Labute approximate surface area is 80.8 Å². The lowest BCUT2D eigenvalue weighted by molar-refractivity contribution is -0.203. The first-order valence-corrected chi connectivity index (χ1v) is 3.87. The smallest absolute Gasteiger partial charge is 0.305 e. The third-order valence-corrected chi connectivity index (χ3v) is 1.24. The molecule has 0 aromatic rings. The molecule has 1 N–H and O–H groups in total. The summed E-state index contributed by atoms with van der Waals surface area (Å²) in [7, 11) is 0. The van der Waals surface area contributed by atoms with Crippen molar-refractivity contribution in [1.29, 1.82) is 0 Å². The lowest BCUT2D eigenvalue weighted by Crippen LogP contribution is -2.39. The first-order valence-electron chi connectivity index (χ1n) is 3.87. The second-order valence-electron chi connectivity index (χ2n) is 2.64. The van der Waals surface area contributed by atoms with Crippen LogP contribution in [0.25, 0.3) is 0 Å². The zero-order chi connectivity index (χ0) is 11.3. The van der Waals surface area contributed by atoms with Gasteiger partial charge in [-0.15, -0.1) is 0 Å². The Morgan fingerprint density at radius 3 is 1.57 bits per heavy atom. The number of esters is 2. The molecule has 0 bridgehead atoms. The van der Waals surface area contributed by atoms with E-state index in [2.05, 4.69) is 9.47 Å². The Kier molecular flexibility index (Phi) is 4.79. The number of ether oxygens (including phenoxy) is 2. The van der Waals surface area contributed by atoms with Crippen LogP contribution in [0.5, 0.6) is 0 Å². The van der Waals surface area contributed by atoms with Gasteiger partial charge in [0.25, 0.3) is 6.29 Å². The van der Waals surface area contributed by atoms with Gasteiger partial charge in [-0.2, -0.15) is 0 Å². The molecule has 0 saturated heterocycles. The zero-order valence-corrected chi connectivity index (χ0v) is 8.14. The second-order valence-corrected chi connectivity index (χ2v) is 2.64. The number of aliphatic hydroxyl groups excluding tert-OH is 1. The molecule has 0 aromatic heterocycles. The van der Waals surface area contributed by atoms with E-state index in [0.29, 0.717) is 0 Å². The average molecular weight is 204 g/mol. The van der Waals surface area contributed by atoms with E-state index in [4.69, 9.17) is 0 Å². The maximum Gasteiger partial charge on any atom is 0.305 e. The van der Waals surface area contributed by atoms with Gasteiger partial charge < -0.3 is 14.6 Å². The Hall–Kier alpha value is -1.43. The van der Waals surface area contributed by atoms with Gasteiger partial charge >= 0.3 is 11.9 Å². The highest BCUT2D eigenvalue weighted by Crippen LogP contribution is 2.04. The lowest BCUT2D eigenvalue weighted by atomic mass is 10.2. The fourth-order valence-corrected chi connectivity index (χ4v) is 0.672. The number of Topliss-reactive ketones (excluding diaryl/α,β-unsaturated/α-hetero) is 1. The van der Waals surface area contributed by atoms with Crippen molar-refractivity contribution in [3.8, 4) is 0 Å². The second kappa shape index (κ2) is 5.33. The standard InChI is InChI=1S/C8H12O6/c1-4(9)7(12)8(13-5(2)10)14-6(3)11/h7-8,12H,1-3H3. The van der Waals surface area contributed by atoms with Gasteiger partial charge in [-0.05, 0) is 6.92 Å². The molecule has 0 radical (unpaired) electrons. The number of aliphatic hydroxyl groups is 1. The molecule has 0 heterocycles. The van der Waals surface area contributed by atoms with E-state index in [-0.39, 0.29) is 0 Å². The summed E-state index contributed by atoms with van der Waals surface area (Å²) >= 11 is 0. The van der Waals surface area contributed by atoms with Crippen LogP contribution < -0.4 is 0 Å². The van der Waals surface area contributed by atoms with Gasteiger partial charge in [0.15, 0.2) is 11.9 Å². The molecule has 1 atom stereocenters. The maximum absolute atomic E-state index is 10.7. The summed E-state index contributed by atoms with van der Waals surface area (Å²) in [5, 5.41) is 9.18. The SMILES string of the molecule is CC(=O)OC(OC(C)=O)C(O)C(C)=O. The van der Waals surface area contributed by atoms with Crippen molar-refractivity contribution in [2.45, 2.75) is 33.2 Å². The normalized spacial score (nSPS) is 12.1. The third kappa shape index (κ3) is 4.56. The van der Waals surface area contributed by atoms with Gasteiger partial charge in [0.2, 0.25) is 0 Å². The van der Waals surface area contributed by atoms with Crippen LogP contribution in [0.4, 0.5) is 0 Å². The van der Waals surface area contributed by atoms with Gasteiger partial charge in [0.1, 0.15) is 0 Å². The summed E-state index contributed by atoms with van der Waals surface area (Å²) < 4.78 is 8.86. The topological polar surface area (TPSA) is 89.9 Å². The molecule has 0 aliphatic rings. The molecule has 1 unspecified atom stereocenters. The number of ketones is 1. The molecule has 0 saturated carbocycles. The van der Waals surface area contributed by atoms with Crippen molar-refractivity contribution >= 4 is 17.7 Å². The summed E-state index contributed by atoms with van der Waals surface area (Å²) in [5.41, 5.74) is 0. The van der Waals surface area contributed by atoms with E-state index >= 15 is 0 Å². The molecule has 0 spiro atoms. The van der Waals surface area contributed by atoms with E-state index in [1.54, 1.807) is 0 Å². The Bertz CT molecular complexity index is 230. The van der Waals surface area contributed by atoms with Gasteiger partial charge in [-0.25, -0.2) is 0 Å². The minimum Gasteiger partial charge on any atom is -0.422 e. The van der Waals surface area contributed by atoms with Crippen molar-refractivity contribution in [2.75, 3.05) is 0 Å². The fraction of sp³-hybridized carbons (Fsp3) is 0.625. The van der Waals surface area contributed by atoms with Crippen LogP contribution in [-0.2, 0) is 23.9 Å². The van der Waals surface area contributed by atoms with Crippen LogP contribution in [0.3, 0.4) is 0 Å². The molecule has 0 amide bonds. The Morgan fingerprint density at radius 1 is 1.00 bits per heavy atom. The summed E-state index contributed by atoms with van der Waals surface area (Å²) in [6, 6.07) is 0. The molecule has 0 rings (SSSR count). The molecule has 80 valence electrons. The molecule has 0 fully saturated rings. The van der Waals surface area contributed by atoms with E-state index < -0.39 is 30.1 Å². The predicted octanol–water partition coefficient (Wildman–Crippen LogP) is -0.611. The van der Waals surface area contributed by atoms with Crippen molar-refractivity contribution in [2.24, 2.45) is 0 Å². The first-order chi connectivity index (χ1) is 6.34. The third-order valence-electron chi connectivity index (χ3n) is 1.24. The van der Waals surface area contributed by atoms with Crippen molar-refractivity contribution in [3.05, 3.63) is 0 Å². The van der Waals surface area contributed by atoms with Crippen molar-refractivity contribution in [1.82, 2.24) is 0 Å². The number of hydrogen-bond donors (Lipinski definition) is 1. The maximum atomic E-state index is 10.7.